The largest absolute Gasteiger partial charge is 0.450 e. The van der Waals surface area contributed by atoms with Gasteiger partial charge in [0, 0.05) is 18.1 Å². The highest BCUT2D eigenvalue weighted by Crippen LogP contribution is 2.38. The van der Waals surface area contributed by atoms with Crippen LogP contribution in [0.4, 0.5) is 0 Å². The van der Waals surface area contributed by atoms with Crippen LogP contribution in [-0.4, -0.2) is 41.9 Å². The lowest BCUT2D eigenvalue weighted by Crippen LogP contribution is -2.37. The highest BCUT2D eigenvalue weighted by molar-refractivity contribution is 6.30. The average molecular weight is 439 g/mol. The van der Waals surface area contributed by atoms with Gasteiger partial charge in [0.2, 0.25) is 5.76 Å². The van der Waals surface area contributed by atoms with Crippen molar-refractivity contribution in [2.45, 2.75) is 33.7 Å². The first kappa shape index (κ1) is 21.6. The lowest BCUT2D eigenvalue weighted by Gasteiger charge is -2.28. The Balaban J connectivity index is 1.90. The van der Waals surface area contributed by atoms with Gasteiger partial charge in [0.05, 0.1) is 17.0 Å². The number of likely N-dealkylation sites (N-methyl/N-ethyl adjacent to an activating group) is 1. The molecule has 0 bridgehead atoms. The van der Waals surface area contributed by atoms with E-state index in [2.05, 4.69) is 18.7 Å². The molecule has 0 aliphatic carbocycles. The summed E-state index contributed by atoms with van der Waals surface area (Å²) in [6.07, 6.45) is 0. The van der Waals surface area contributed by atoms with Crippen molar-refractivity contribution in [3.63, 3.8) is 0 Å². The first-order chi connectivity index (χ1) is 14.8. The summed E-state index contributed by atoms with van der Waals surface area (Å²) >= 11 is 6.27. The van der Waals surface area contributed by atoms with Gasteiger partial charge in [-0.1, -0.05) is 37.6 Å². The van der Waals surface area contributed by atoms with Gasteiger partial charge in [0.1, 0.15) is 5.58 Å². The molecule has 0 fully saturated rings. The summed E-state index contributed by atoms with van der Waals surface area (Å²) < 4.78 is 6.07. The molecule has 2 heterocycles. The fourth-order valence-corrected chi connectivity index (χ4v) is 4.52. The lowest BCUT2D eigenvalue weighted by molar-refractivity contribution is 0.0708. The molecule has 1 aromatic heterocycles. The zero-order valence-corrected chi connectivity index (χ0v) is 19.1. The molecule has 2 aromatic carbocycles. The Kier molecular flexibility index (Phi) is 5.91. The number of amides is 1. The van der Waals surface area contributed by atoms with Gasteiger partial charge < -0.3 is 14.2 Å². The third-order valence-electron chi connectivity index (χ3n) is 6.30. The standard InChI is InChI=1S/C25H27ClN2O3/c1-5-27(6-2)10-11-28-22(17-8-7-9-18(26)14-17)21-23(29)19-12-15(3)16(4)13-20(19)31-24(21)25(28)30/h7-9,12-14,22H,5-6,10-11H2,1-4H3/t22-/m0/s1. The zero-order chi connectivity index (χ0) is 22.3. The molecule has 1 aliphatic rings. The Morgan fingerprint density at radius 1 is 1.06 bits per heavy atom. The minimum absolute atomic E-state index is 0.144. The number of nitrogens with zero attached hydrogens (tertiary/aromatic N) is 2. The monoisotopic (exact) mass is 438 g/mol. The van der Waals surface area contributed by atoms with E-state index in [0.717, 1.165) is 36.3 Å². The van der Waals surface area contributed by atoms with Crippen molar-refractivity contribution >= 4 is 28.5 Å². The highest BCUT2D eigenvalue weighted by atomic mass is 35.5. The van der Waals surface area contributed by atoms with Crippen molar-refractivity contribution in [3.8, 4) is 0 Å². The van der Waals surface area contributed by atoms with Crippen LogP contribution in [0.25, 0.3) is 11.0 Å². The predicted octanol–water partition coefficient (Wildman–Crippen LogP) is 4.95. The second-order valence-electron chi connectivity index (χ2n) is 8.09. The first-order valence-electron chi connectivity index (χ1n) is 10.7. The van der Waals surface area contributed by atoms with E-state index >= 15 is 0 Å². The van der Waals surface area contributed by atoms with E-state index < -0.39 is 6.04 Å². The van der Waals surface area contributed by atoms with Gasteiger partial charge in [-0.3, -0.25) is 9.59 Å². The number of hydrogen-bond acceptors (Lipinski definition) is 4. The normalized spacial score (nSPS) is 15.9. The van der Waals surface area contributed by atoms with E-state index in [1.54, 1.807) is 11.0 Å². The van der Waals surface area contributed by atoms with Crippen LogP contribution < -0.4 is 5.43 Å². The Morgan fingerprint density at radius 3 is 2.45 bits per heavy atom. The maximum absolute atomic E-state index is 13.6. The van der Waals surface area contributed by atoms with Crippen molar-refractivity contribution in [3.05, 3.63) is 79.7 Å². The van der Waals surface area contributed by atoms with Gasteiger partial charge in [-0.15, -0.1) is 0 Å². The van der Waals surface area contributed by atoms with Gasteiger partial charge in [0.15, 0.2) is 5.43 Å². The minimum Gasteiger partial charge on any atom is -0.450 e. The van der Waals surface area contributed by atoms with Crippen molar-refractivity contribution in [2.24, 2.45) is 0 Å². The molecule has 3 aromatic rings. The number of halogens is 1. The van der Waals surface area contributed by atoms with Gasteiger partial charge in [-0.05, 0) is 67.9 Å². The predicted molar refractivity (Wildman–Crippen MR) is 124 cm³/mol. The molecule has 1 amide bonds. The Hall–Kier alpha value is -2.63. The number of hydrogen-bond donors (Lipinski definition) is 0. The van der Waals surface area contributed by atoms with Crippen LogP contribution in [0.1, 0.15) is 52.7 Å². The SMILES string of the molecule is CCN(CC)CCN1C(=O)c2oc3cc(C)c(C)cc3c(=O)c2[C@@H]1c1cccc(Cl)c1. The molecule has 31 heavy (non-hydrogen) atoms. The van der Waals surface area contributed by atoms with Gasteiger partial charge >= 0.3 is 0 Å². The maximum atomic E-state index is 13.6. The number of benzene rings is 2. The highest BCUT2D eigenvalue weighted by Gasteiger charge is 2.42. The molecule has 0 N–H and O–H groups in total. The zero-order valence-electron chi connectivity index (χ0n) is 18.4. The molecule has 162 valence electrons. The van der Waals surface area contributed by atoms with Gasteiger partial charge in [-0.2, -0.15) is 0 Å². The van der Waals surface area contributed by atoms with Crippen LogP contribution in [0.15, 0.2) is 45.6 Å². The van der Waals surface area contributed by atoms with Crippen molar-refractivity contribution in [1.29, 1.82) is 0 Å². The quantitative estimate of drug-likeness (QED) is 0.546. The Labute approximate surface area is 187 Å². The Bertz CT molecular complexity index is 1210. The second-order valence-corrected chi connectivity index (χ2v) is 8.53. The number of fused-ring (bicyclic) bond motifs is 2. The summed E-state index contributed by atoms with van der Waals surface area (Å²) in [7, 11) is 0. The summed E-state index contributed by atoms with van der Waals surface area (Å²) in [4.78, 5) is 31.1. The molecular formula is C25H27ClN2O3. The van der Waals surface area contributed by atoms with Gasteiger partial charge in [-0.25, -0.2) is 0 Å². The van der Waals surface area contributed by atoms with Crippen LogP contribution in [0.3, 0.4) is 0 Å². The summed E-state index contributed by atoms with van der Waals surface area (Å²) in [5, 5.41) is 1.08. The van der Waals surface area contributed by atoms with E-state index in [0.29, 0.717) is 28.1 Å². The molecule has 6 heteroatoms. The van der Waals surface area contributed by atoms with E-state index in [1.165, 1.54) is 0 Å². The molecule has 1 atom stereocenters. The second kappa shape index (κ2) is 8.48. The number of rotatable bonds is 6. The van der Waals surface area contributed by atoms with Crippen LogP contribution in [-0.2, 0) is 0 Å². The van der Waals surface area contributed by atoms with Gasteiger partial charge in [0.25, 0.3) is 5.91 Å². The minimum atomic E-state index is -0.515. The van der Waals surface area contributed by atoms with E-state index in [4.69, 9.17) is 16.0 Å². The third kappa shape index (κ3) is 3.77. The topological polar surface area (TPSA) is 53.8 Å². The number of carbonyl (C=O) groups is 1. The number of carbonyl (C=O) groups excluding carboxylic acids is 1. The molecule has 5 nitrogen and oxygen atoms in total. The molecule has 1 aliphatic heterocycles. The summed E-state index contributed by atoms with van der Waals surface area (Å²) in [5.74, 6) is -0.102. The van der Waals surface area contributed by atoms with Crippen molar-refractivity contribution < 1.29 is 9.21 Å². The van der Waals surface area contributed by atoms with Crippen LogP contribution in [0.2, 0.25) is 5.02 Å². The van der Waals surface area contributed by atoms with Crippen molar-refractivity contribution in [1.82, 2.24) is 9.80 Å². The van der Waals surface area contributed by atoms with Crippen LogP contribution in [0, 0.1) is 13.8 Å². The maximum Gasteiger partial charge on any atom is 0.290 e. The molecule has 4 rings (SSSR count). The molecule has 0 saturated heterocycles. The first-order valence-corrected chi connectivity index (χ1v) is 11.1. The van der Waals surface area contributed by atoms with E-state index in [-0.39, 0.29) is 17.1 Å². The molecule has 0 saturated carbocycles. The molecule has 0 unspecified atom stereocenters. The fourth-order valence-electron chi connectivity index (χ4n) is 4.32. The smallest absolute Gasteiger partial charge is 0.290 e. The van der Waals surface area contributed by atoms with Crippen molar-refractivity contribution in [2.75, 3.05) is 26.2 Å². The third-order valence-corrected chi connectivity index (χ3v) is 6.53. The van der Waals surface area contributed by atoms with E-state index in [9.17, 15) is 9.59 Å². The number of aryl methyl sites for hydroxylation is 2. The molecule has 0 spiro atoms. The Morgan fingerprint density at radius 2 is 1.77 bits per heavy atom. The average Bonchev–Trinajstić information content (AvgIpc) is 3.03. The fraction of sp³-hybridized carbons (Fsp3) is 0.360. The summed E-state index contributed by atoms with van der Waals surface area (Å²) in [5.41, 5.74) is 3.56. The molecular weight excluding hydrogens is 412 g/mol. The van der Waals surface area contributed by atoms with Crippen LogP contribution >= 0.6 is 11.6 Å². The summed E-state index contributed by atoms with van der Waals surface area (Å²) in [6.45, 7) is 11.1. The lowest BCUT2D eigenvalue weighted by atomic mass is 9.97. The molecule has 0 radical (unpaired) electrons. The van der Waals surface area contributed by atoms with Crippen LogP contribution in [0.5, 0.6) is 0 Å². The van der Waals surface area contributed by atoms with E-state index in [1.807, 2.05) is 44.2 Å². The summed E-state index contributed by atoms with van der Waals surface area (Å²) in [6, 6.07) is 10.5.